The summed E-state index contributed by atoms with van der Waals surface area (Å²) in [5, 5.41) is 5.97. The summed E-state index contributed by atoms with van der Waals surface area (Å²) in [5.41, 5.74) is 2.99. The van der Waals surface area contributed by atoms with Gasteiger partial charge in [-0.2, -0.15) is 0 Å². The van der Waals surface area contributed by atoms with E-state index in [9.17, 15) is 4.79 Å². The second-order valence-electron chi connectivity index (χ2n) is 6.80. The molecule has 0 saturated carbocycles. The van der Waals surface area contributed by atoms with Crippen LogP contribution in [0.25, 0.3) is 0 Å². The maximum atomic E-state index is 12.1. The van der Waals surface area contributed by atoms with Crippen molar-refractivity contribution in [2.75, 3.05) is 24.0 Å². The molecule has 0 radical (unpaired) electrons. The number of nitrogens with one attached hydrogen (secondary N) is 2. The lowest BCUT2D eigenvalue weighted by Gasteiger charge is -2.19. The molecule has 0 spiro atoms. The molecule has 0 bridgehead atoms. The van der Waals surface area contributed by atoms with Gasteiger partial charge in [-0.3, -0.25) is 4.79 Å². The lowest BCUT2D eigenvalue weighted by molar-refractivity contribution is -0.114. The van der Waals surface area contributed by atoms with Gasteiger partial charge in [0.05, 0.1) is 6.54 Å². The van der Waals surface area contributed by atoms with Gasteiger partial charge in [-0.25, -0.2) is 0 Å². The van der Waals surface area contributed by atoms with Crippen LogP contribution >= 0.6 is 0 Å². The van der Waals surface area contributed by atoms with Crippen molar-refractivity contribution in [2.45, 2.75) is 26.2 Å². The summed E-state index contributed by atoms with van der Waals surface area (Å²) >= 11 is 0. The molecule has 5 nitrogen and oxygen atoms in total. The number of hydrogen-bond acceptors (Lipinski definition) is 4. The van der Waals surface area contributed by atoms with Gasteiger partial charge >= 0.3 is 0 Å². The number of fused-ring (bicyclic) bond motifs is 1. The van der Waals surface area contributed by atoms with Gasteiger partial charge in [0, 0.05) is 17.4 Å². The van der Waals surface area contributed by atoms with Gasteiger partial charge in [0.2, 0.25) is 12.7 Å². The van der Waals surface area contributed by atoms with Crippen molar-refractivity contribution in [2.24, 2.45) is 0 Å². The number of anilines is 2. The molecule has 2 aromatic rings. The van der Waals surface area contributed by atoms with Crippen molar-refractivity contribution in [3.63, 3.8) is 0 Å². The smallest absolute Gasteiger partial charge is 0.243 e. The van der Waals surface area contributed by atoms with Gasteiger partial charge in [-0.05, 0) is 35.2 Å². The quantitative estimate of drug-likeness (QED) is 0.898. The minimum Gasteiger partial charge on any atom is -0.454 e. The third kappa shape index (κ3) is 3.79. The van der Waals surface area contributed by atoms with E-state index in [4.69, 9.17) is 9.47 Å². The highest BCUT2D eigenvalue weighted by molar-refractivity contribution is 5.94. The van der Waals surface area contributed by atoms with Crippen molar-refractivity contribution in [3.05, 3.63) is 48.0 Å². The largest absolute Gasteiger partial charge is 0.454 e. The van der Waals surface area contributed by atoms with E-state index < -0.39 is 0 Å². The van der Waals surface area contributed by atoms with E-state index in [1.165, 1.54) is 5.56 Å². The highest BCUT2D eigenvalue weighted by atomic mass is 16.7. The van der Waals surface area contributed by atoms with Crippen molar-refractivity contribution in [1.29, 1.82) is 0 Å². The molecular weight excluding hydrogens is 304 g/mol. The SMILES string of the molecule is CC(C)(C)c1ccc(NCC(=O)Nc2ccc3c(c2)OCO3)cc1. The van der Waals surface area contributed by atoms with Gasteiger partial charge in [0.25, 0.3) is 0 Å². The summed E-state index contributed by atoms with van der Waals surface area (Å²) in [6, 6.07) is 13.5. The molecule has 126 valence electrons. The van der Waals surface area contributed by atoms with E-state index in [0.717, 1.165) is 5.69 Å². The Hall–Kier alpha value is -2.69. The summed E-state index contributed by atoms with van der Waals surface area (Å²) in [5.74, 6) is 1.23. The Labute approximate surface area is 142 Å². The van der Waals surface area contributed by atoms with Crippen molar-refractivity contribution >= 4 is 17.3 Å². The molecule has 0 aromatic heterocycles. The second-order valence-corrected chi connectivity index (χ2v) is 6.80. The van der Waals surface area contributed by atoms with Crippen LogP contribution in [0.2, 0.25) is 0 Å². The van der Waals surface area contributed by atoms with Crippen LogP contribution in [0.15, 0.2) is 42.5 Å². The summed E-state index contributed by atoms with van der Waals surface area (Å²) in [4.78, 5) is 12.1. The molecule has 5 heteroatoms. The Morgan fingerprint density at radius 3 is 2.38 bits per heavy atom. The molecule has 3 rings (SSSR count). The van der Waals surface area contributed by atoms with Crippen LogP contribution in [0.1, 0.15) is 26.3 Å². The average molecular weight is 326 g/mol. The van der Waals surface area contributed by atoms with Crippen LogP contribution in [-0.2, 0) is 10.2 Å². The number of benzene rings is 2. The summed E-state index contributed by atoms with van der Waals surface area (Å²) in [6.45, 7) is 6.94. The van der Waals surface area contributed by atoms with Crippen molar-refractivity contribution in [1.82, 2.24) is 0 Å². The lowest BCUT2D eigenvalue weighted by Crippen LogP contribution is -2.21. The van der Waals surface area contributed by atoms with Gasteiger partial charge in [-0.15, -0.1) is 0 Å². The predicted octanol–water partition coefficient (Wildman–Crippen LogP) is 3.76. The third-order valence-electron chi connectivity index (χ3n) is 3.86. The fraction of sp³-hybridized carbons (Fsp3) is 0.316. The number of carbonyl (C=O) groups is 1. The molecule has 24 heavy (non-hydrogen) atoms. The van der Waals surface area contributed by atoms with Gasteiger partial charge in [-0.1, -0.05) is 32.9 Å². The van der Waals surface area contributed by atoms with Crippen LogP contribution in [0.4, 0.5) is 11.4 Å². The molecule has 2 aromatic carbocycles. The van der Waals surface area contributed by atoms with E-state index in [-0.39, 0.29) is 24.7 Å². The number of amides is 1. The zero-order valence-electron chi connectivity index (χ0n) is 14.2. The molecule has 2 N–H and O–H groups in total. The average Bonchev–Trinajstić information content (AvgIpc) is 3.00. The Balaban J connectivity index is 1.54. The molecule has 0 atom stereocenters. The lowest BCUT2D eigenvalue weighted by atomic mass is 9.87. The first-order chi connectivity index (χ1) is 11.4. The molecule has 1 amide bonds. The monoisotopic (exact) mass is 326 g/mol. The summed E-state index contributed by atoms with van der Waals surface area (Å²) in [6.07, 6.45) is 0. The van der Waals surface area contributed by atoms with Crippen LogP contribution in [0.5, 0.6) is 11.5 Å². The fourth-order valence-corrected chi connectivity index (χ4v) is 2.45. The topological polar surface area (TPSA) is 59.6 Å². The van der Waals surface area contributed by atoms with Gasteiger partial charge in [0.1, 0.15) is 0 Å². The zero-order chi connectivity index (χ0) is 17.2. The van der Waals surface area contributed by atoms with E-state index >= 15 is 0 Å². The van der Waals surface area contributed by atoms with E-state index in [1.807, 2.05) is 12.1 Å². The van der Waals surface area contributed by atoms with Crippen LogP contribution in [0, 0.1) is 0 Å². The highest BCUT2D eigenvalue weighted by Crippen LogP contribution is 2.34. The number of carbonyl (C=O) groups excluding carboxylic acids is 1. The van der Waals surface area contributed by atoms with Crippen LogP contribution in [-0.4, -0.2) is 19.2 Å². The fourth-order valence-electron chi connectivity index (χ4n) is 2.45. The minimum absolute atomic E-state index is 0.117. The minimum atomic E-state index is -0.117. The first-order valence-corrected chi connectivity index (χ1v) is 7.96. The second kappa shape index (κ2) is 6.43. The van der Waals surface area contributed by atoms with Crippen LogP contribution in [0.3, 0.4) is 0 Å². The third-order valence-corrected chi connectivity index (χ3v) is 3.86. The van der Waals surface area contributed by atoms with Crippen molar-refractivity contribution in [3.8, 4) is 11.5 Å². The molecule has 0 unspecified atom stereocenters. The molecule has 1 aliphatic heterocycles. The molecule has 0 saturated heterocycles. The van der Waals surface area contributed by atoms with Crippen LogP contribution < -0.4 is 20.1 Å². The maximum Gasteiger partial charge on any atom is 0.243 e. The Morgan fingerprint density at radius 1 is 1.00 bits per heavy atom. The molecular formula is C19H22N2O3. The Bertz CT molecular complexity index is 733. The van der Waals surface area contributed by atoms with E-state index in [1.54, 1.807) is 18.2 Å². The Kier molecular flexibility index (Phi) is 4.34. The maximum absolute atomic E-state index is 12.1. The highest BCUT2D eigenvalue weighted by Gasteiger charge is 2.15. The van der Waals surface area contributed by atoms with Gasteiger partial charge in [0.15, 0.2) is 11.5 Å². The molecule has 0 fully saturated rings. The molecule has 1 aliphatic rings. The predicted molar refractivity (Wildman–Crippen MR) is 94.8 cm³/mol. The standard InChI is InChI=1S/C19H22N2O3/c1-19(2,3)13-4-6-14(7-5-13)20-11-18(22)21-15-8-9-16-17(10-15)24-12-23-16/h4-10,20H,11-12H2,1-3H3,(H,21,22). The first kappa shape index (κ1) is 16.2. The van der Waals surface area contributed by atoms with Gasteiger partial charge < -0.3 is 20.1 Å². The summed E-state index contributed by atoms with van der Waals surface area (Å²) < 4.78 is 10.5. The van der Waals surface area contributed by atoms with Crippen molar-refractivity contribution < 1.29 is 14.3 Å². The van der Waals surface area contributed by atoms with E-state index in [2.05, 4.69) is 43.5 Å². The summed E-state index contributed by atoms with van der Waals surface area (Å²) in [7, 11) is 0. The first-order valence-electron chi connectivity index (χ1n) is 7.96. The zero-order valence-corrected chi connectivity index (χ0v) is 14.2. The number of hydrogen-bond donors (Lipinski definition) is 2. The Morgan fingerprint density at radius 2 is 1.67 bits per heavy atom. The normalized spacial score (nSPS) is 12.8. The molecule has 0 aliphatic carbocycles. The van der Waals surface area contributed by atoms with E-state index in [0.29, 0.717) is 17.2 Å². The number of rotatable bonds is 4. The molecule has 1 heterocycles. The number of ether oxygens (including phenoxy) is 2.